The molecule has 0 aromatic heterocycles. The minimum atomic E-state index is -0.223. The molecule has 160 valence electrons. The van der Waals surface area contributed by atoms with E-state index < -0.39 is 0 Å². The van der Waals surface area contributed by atoms with Crippen LogP contribution in [0.25, 0.3) is 0 Å². The van der Waals surface area contributed by atoms with Crippen molar-refractivity contribution in [3.05, 3.63) is 53.3 Å². The zero-order valence-corrected chi connectivity index (χ0v) is 19.6. The summed E-state index contributed by atoms with van der Waals surface area (Å²) in [5, 5.41) is 6.47. The molecule has 0 amide bonds. The molecule has 8 heteroatoms. The molecule has 0 aliphatic carbocycles. The van der Waals surface area contributed by atoms with Crippen molar-refractivity contribution in [3.8, 4) is 17.2 Å². The molecule has 0 saturated carbocycles. The molecule has 2 N–H and O–H groups in total. The Hall–Kier alpha value is -2.23. The van der Waals surface area contributed by atoms with Crippen molar-refractivity contribution in [1.82, 2.24) is 10.6 Å². The van der Waals surface area contributed by atoms with Crippen molar-refractivity contribution >= 4 is 29.9 Å². The van der Waals surface area contributed by atoms with Crippen LogP contribution in [0.4, 0.5) is 4.39 Å². The highest BCUT2D eigenvalue weighted by atomic mass is 127. The summed E-state index contributed by atoms with van der Waals surface area (Å²) in [5.74, 6) is 2.20. The normalized spacial score (nSPS) is 10.7. The Morgan fingerprint density at radius 1 is 1.00 bits per heavy atom. The van der Waals surface area contributed by atoms with E-state index in [0.717, 1.165) is 17.7 Å². The Labute approximate surface area is 188 Å². The SMILES string of the molecule is CCNC(=NCc1ccc(OC)c(OC)c1OC)NCCc1cccc(F)c1.I. The molecule has 0 unspecified atom stereocenters. The monoisotopic (exact) mass is 517 g/mol. The summed E-state index contributed by atoms with van der Waals surface area (Å²) in [6.07, 6.45) is 0.696. The third kappa shape index (κ3) is 7.26. The van der Waals surface area contributed by atoms with Gasteiger partial charge in [-0.05, 0) is 43.2 Å². The summed E-state index contributed by atoms with van der Waals surface area (Å²) in [7, 11) is 4.75. The van der Waals surface area contributed by atoms with Gasteiger partial charge in [-0.25, -0.2) is 9.38 Å². The first-order chi connectivity index (χ1) is 13.6. The van der Waals surface area contributed by atoms with Crippen molar-refractivity contribution in [2.24, 2.45) is 4.99 Å². The minimum absolute atomic E-state index is 0. The van der Waals surface area contributed by atoms with Gasteiger partial charge in [-0.15, -0.1) is 24.0 Å². The summed E-state index contributed by atoms with van der Waals surface area (Å²) >= 11 is 0. The van der Waals surface area contributed by atoms with E-state index in [-0.39, 0.29) is 29.8 Å². The fourth-order valence-electron chi connectivity index (χ4n) is 2.81. The molecule has 0 atom stereocenters. The maximum atomic E-state index is 13.3. The molecule has 2 aromatic rings. The van der Waals surface area contributed by atoms with Crippen LogP contribution in [0, 0.1) is 5.82 Å². The molecule has 0 bridgehead atoms. The van der Waals surface area contributed by atoms with Crippen LogP contribution in [0.3, 0.4) is 0 Å². The Morgan fingerprint density at radius 2 is 1.76 bits per heavy atom. The topological polar surface area (TPSA) is 64.1 Å². The number of halogens is 2. The lowest BCUT2D eigenvalue weighted by Gasteiger charge is -2.16. The van der Waals surface area contributed by atoms with Gasteiger partial charge in [0.15, 0.2) is 17.5 Å². The lowest BCUT2D eigenvalue weighted by molar-refractivity contribution is 0.322. The van der Waals surface area contributed by atoms with Crippen molar-refractivity contribution in [2.75, 3.05) is 34.4 Å². The van der Waals surface area contributed by atoms with Crippen molar-refractivity contribution in [3.63, 3.8) is 0 Å². The lowest BCUT2D eigenvalue weighted by atomic mass is 10.1. The molecule has 2 aromatic carbocycles. The van der Waals surface area contributed by atoms with E-state index in [2.05, 4.69) is 15.6 Å². The Morgan fingerprint density at radius 3 is 2.38 bits per heavy atom. The second-order valence-corrected chi connectivity index (χ2v) is 6.00. The van der Waals surface area contributed by atoms with Gasteiger partial charge in [0.05, 0.1) is 27.9 Å². The number of ether oxygens (including phenoxy) is 3. The van der Waals surface area contributed by atoms with Crippen LogP contribution in [-0.4, -0.2) is 40.4 Å². The Kier molecular flexibility index (Phi) is 11.2. The highest BCUT2D eigenvalue weighted by Crippen LogP contribution is 2.39. The van der Waals surface area contributed by atoms with E-state index in [9.17, 15) is 4.39 Å². The summed E-state index contributed by atoms with van der Waals surface area (Å²) in [6, 6.07) is 10.3. The Bertz CT molecular complexity index is 803. The van der Waals surface area contributed by atoms with Crippen LogP contribution >= 0.6 is 24.0 Å². The molecule has 29 heavy (non-hydrogen) atoms. The molecule has 0 radical (unpaired) electrons. The molecule has 2 rings (SSSR count). The Balaban J connectivity index is 0.00000420. The van der Waals surface area contributed by atoms with Crippen LogP contribution in [0.1, 0.15) is 18.1 Å². The van der Waals surface area contributed by atoms with Crippen LogP contribution < -0.4 is 24.8 Å². The predicted octanol–water partition coefficient (Wildman–Crippen LogP) is 3.77. The van der Waals surface area contributed by atoms with Gasteiger partial charge >= 0.3 is 0 Å². The number of methoxy groups -OCH3 is 3. The van der Waals surface area contributed by atoms with E-state index in [0.29, 0.717) is 42.7 Å². The van der Waals surface area contributed by atoms with E-state index in [1.54, 1.807) is 33.5 Å². The fourth-order valence-corrected chi connectivity index (χ4v) is 2.81. The molecule has 0 fully saturated rings. The lowest BCUT2D eigenvalue weighted by Crippen LogP contribution is -2.38. The van der Waals surface area contributed by atoms with Gasteiger partial charge in [0.25, 0.3) is 0 Å². The van der Waals surface area contributed by atoms with Gasteiger partial charge < -0.3 is 24.8 Å². The van der Waals surface area contributed by atoms with Gasteiger partial charge in [0.2, 0.25) is 5.75 Å². The zero-order chi connectivity index (χ0) is 20.4. The van der Waals surface area contributed by atoms with Crippen molar-refractivity contribution in [2.45, 2.75) is 19.9 Å². The molecule has 0 heterocycles. The molecular weight excluding hydrogens is 488 g/mol. The maximum absolute atomic E-state index is 13.3. The first-order valence-electron chi connectivity index (χ1n) is 9.17. The van der Waals surface area contributed by atoms with Gasteiger partial charge in [0.1, 0.15) is 5.82 Å². The average Bonchev–Trinajstić information content (AvgIpc) is 2.71. The predicted molar refractivity (Wildman–Crippen MR) is 124 cm³/mol. The molecule has 0 aliphatic heterocycles. The van der Waals surface area contributed by atoms with Crippen LogP contribution in [0.5, 0.6) is 17.2 Å². The highest BCUT2D eigenvalue weighted by Gasteiger charge is 2.15. The molecule has 0 spiro atoms. The van der Waals surface area contributed by atoms with Crippen molar-refractivity contribution < 1.29 is 18.6 Å². The number of nitrogens with zero attached hydrogens (tertiary/aromatic N) is 1. The van der Waals surface area contributed by atoms with Gasteiger partial charge in [-0.2, -0.15) is 0 Å². The van der Waals surface area contributed by atoms with E-state index in [4.69, 9.17) is 14.2 Å². The van der Waals surface area contributed by atoms with Gasteiger partial charge in [-0.3, -0.25) is 0 Å². The second-order valence-electron chi connectivity index (χ2n) is 6.00. The molecule has 6 nitrogen and oxygen atoms in total. The third-order valence-corrected chi connectivity index (χ3v) is 4.13. The van der Waals surface area contributed by atoms with Gasteiger partial charge in [-0.1, -0.05) is 12.1 Å². The van der Waals surface area contributed by atoms with Gasteiger partial charge in [0, 0.05) is 18.7 Å². The number of aliphatic imine (C=N–C) groups is 1. The molecule has 0 aliphatic rings. The third-order valence-electron chi connectivity index (χ3n) is 4.13. The number of hydrogen-bond donors (Lipinski definition) is 2. The summed E-state index contributed by atoms with van der Waals surface area (Å²) in [5.41, 5.74) is 1.81. The quantitative estimate of drug-likeness (QED) is 0.301. The van der Waals surface area contributed by atoms with Crippen molar-refractivity contribution in [1.29, 1.82) is 0 Å². The molecular formula is C21H29FIN3O3. The summed E-state index contributed by atoms with van der Waals surface area (Å²) in [4.78, 5) is 4.62. The van der Waals surface area contributed by atoms with Crippen LogP contribution in [-0.2, 0) is 13.0 Å². The van der Waals surface area contributed by atoms with Crippen LogP contribution in [0.15, 0.2) is 41.4 Å². The standard InChI is InChI=1S/C21H28FN3O3.HI/c1-5-23-21(24-12-11-15-7-6-8-17(22)13-15)25-14-16-9-10-18(26-2)20(28-4)19(16)27-3;/h6-10,13H,5,11-12,14H2,1-4H3,(H2,23,24,25);1H. The van der Waals surface area contributed by atoms with Crippen LogP contribution in [0.2, 0.25) is 0 Å². The fraction of sp³-hybridized carbons (Fsp3) is 0.381. The smallest absolute Gasteiger partial charge is 0.203 e. The number of hydrogen-bond acceptors (Lipinski definition) is 4. The summed E-state index contributed by atoms with van der Waals surface area (Å²) < 4.78 is 29.5. The number of rotatable bonds is 9. The zero-order valence-electron chi connectivity index (χ0n) is 17.3. The summed E-state index contributed by atoms with van der Waals surface area (Å²) in [6.45, 7) is 3.77. The minimum Gasteiger partial charge on any atom is -0.493 e. The second kappa shape index (κ2) is 13.1. The number of guanidine groups is 1. The molecule has 0 saturated heterocycles. The number of nitrogens with one attached hydrogen (secondary N) is 2. The van der Waals surface area contributed by atoms with E-state index in [1.165, 1.54) is 6.07 Å². The number of benzene rings is 2. The van der Waals surface area contributed by atoms with E-state index >= 15 is 0 Å². The largest absolute Gasteiger partial charge is 0.493 e. The first-order valence-corrected chi connectivity index (χ1v) is 9.17. The first kappa shape index (κ1) is 24.8. The highest BCUT2D eigenvalue weighted by molar-refractivity contribution is 14.0. The average molecular weight is 517 g/mol. The van der Waals surface area contributed by atoms with E-state index in [1.807, 2.05) is 25.1 Å². The maximum Gasteiger partial charge on any atom is 0.203 e.